The molecule has 128 valence electrons. The third kappa shape index (κ3) is 3.31. The summed E-state index contributed by atoms with van der Waals surface area (Å²) in [6.07, 6.45) is 8.13. The lowest BCUT2D eigenvalue weighted by atomic mass is 9.49. The molecule has 0 unspecified atom stereocenters. The third-order valence-corrected chi connectivity index (χ3v) is 6.64. The van der Waals surface area contributed by atoms with Gasteiger partial charge in [-0.25, -0.2) is 0 Å². The molecule has 4 fully saturated rings. The first kappa shape index (κ1) is 16.3. The van der Waals surface area contributed by atoms with Gasteiger partial charge in [-0.1, -0.05) is 23.8 Å². The van der Waals surface area contributed by atoms with E-state index in [4.69, 9.17) is 23.8 Å². The second-order valence-electron chi connectivity index (χ2n) is 8.06. The summed E-state index contributed by atoms with van der Waals surface area (Å²) in [6, 6.07) is 7.20. The van der Waals surface area contributed by atoms with Gasteiger partial charge >= 0.3 is 0 Å². The summed E-state index contributed by atoms with van der Waals surface area (Å²) >= 11 is 11.1. The van der Waals surface area contributed by atoms with Crippen molar-refractivity contribution in [2.75, 3.05) is 11.9 Å². The molecule has 5 heteroatoms. The van der Waals surface area contributed by atoms with E-state index in [9.17, 15) is 4.79 Å². The summed E-state index contributed by atoms with van der Waals surface area (Å²) in [5.41, 5.74) is 1.12. The largest absolute Gasteiger partial charge is 0.349 e. The molecular weight excluding hydrogens is 340 g/mol. The summed E-state index contributed by atoms with van der Waals surface area (Å²) in [4.78, 5) is 12.6. The Morgan fingerprint density at radius 1 is 1.08 bits per heavy atom. The molecule has 4 bridgehead atoms. The number of carbonyl (C=O) groups excluding carboxylic acids is 1. The number of nitrogens with one attached hydrogen (secondary N) is 2. The van der Waals surface area contributed by atoms with Gasteiger partial charge in [0.05, 0.1) is 0 Å². The van der Waals surface area contributed by atoms with Crippen molar-refractivity contribution in [3.05, 3.63) is 29.3 Å². The monoisotopic (exact) mass is 362 g/mol. The van der Waals surface area contributed by atoms with E-state index in [1.807, 2.05) is 12.1 Å². The quantitative estimate of drug-likeness (QED) is 0.782. The number of benzene rings is 1. The molecule has 4 aliphatic rings. The summed E-state index contributed by atoms with van der Waals surface area (Å²) < 4.78 is 0. The Bertz CT molecular complexity index is 623. The van der Waals surface area contributed by atoms with Crippen molar-refractivity contribution < 1.29 is 4.79 Å². The van der Waals surface area contributed by atoms with Gasteiger partial charge in [-0.2, -0.15) is 0 Å². The minimum absolute atomic E-state index is 0.171. The molecule has 0 heterocycles. The first-order valence-corrected chi connectivity index (χ1v) is 9.65. The zero-order valence-corrected chi connectivity index (χ0v) is 15.3. The Morgan fingerprint density at radius 2 is 1.62 bits per heavy atom. The highest BCUT2D eigenvalue weighted by atomic mass is 35.5. The van der Waals surface area contributed by atoms with E-state index >= 15 is 0 Å². The number of halogens is 1. The average molecular weight is 363 g/mol. The van der Waals surface area contributed by atoms with E-state index in [0.717, 1.165) is 30.0 Å². The molecule has 3 nitrogen and oxygen atoms in total. The molecule has 0 saturated heterocycles. The number of thiocarbonyl (C=S) groups is 1. The molecule has 0 aromatic heterocycles. The van der Waals surface area contributed by atoms with Crippen molar-refractivity contribution in [3.63, 3.8) is 0 Å². The highest BCUT2D eigenvalue weighted by molar-refractivity contribution is 7.82. The highest BCUT2D eigenvalue weighted by Gasteiger charge is 2.50. The lowest BCUT2D eigenvalue weighted by Crippen LogP contribution is -2.52. The maximum atomic E-state index is 12.4. The summed E-state index contributed by atoms with van der Waals surface area (Å²) in [5.74, 6) is 2.52. The molecule has 4 aliphatic carbocycles. The van der Waals surface area contributed by atoms with Crippen LogP contribution in [0.3, 0.4) is 0 Å². The number of carbonyl (C=O) groups is 1. The zero-order chi connectivity index (χ0) is 16.7. The number of hydrogen-bond acceptors (Lipinski definition) is 2. The molecule has 1 aromatic carbocycles. The van der Waals surface area contributed by atoms with Crippen LogP contribution < -0.4 is 10.6 Å². The van der Waals surface area contributed by atoms with Gasteiger partial charge in [0.2, 0.25) is 0 Å². The maximum Gasteiger partial charge on any atom is 0.279 e. The Labute approximate surface area is 153 Å². The molecule has 0 spiro atoms. The number of amides is 1. The van der Waals surface area contributed by atoms with Crippen molar-refractivity contribution in [2.24, 2.45) is 23.2 Å². The van der Waals surface area contributed by atoms with Gasteiger partial charge in [0.25, 0.3) is 5.91 Å². The topological polar surface area (TPSA) is 41.1 Å². The average Bonchev–Trinajstić information content (AvgIpc) is 2.53. The Kier molecular flexibility index (Phi) is 4.29. The van der Waals surface area contributed by atoms with Crippen LogP contribution in [0.25, 0.3) is 0 Å². The molecular formula is C19H23ClN2OS. The summed E-state index contributed by atoms with van der Waals surface area (Å²) in [6.45, 7) is 0.776. The van der Waals surface area contributed by atoms with Crippen LogP contribution in [0.1, 0.15) is 38.5 Å². The molecule has 0 atom stereocenters. The Hall–Kier alpha value is -1.13. The minimum Gasteiger partial charge on any atom is -0.349 e. The molecule has 1 amide bonds. The van der Waals surface area contributed by atoms with Crippen LogP contribution in [0, 0.1) is 23.2 Å². The van der Waals surface area contributed by atoms with Crippen LogP contribution in [0.5, 0.6) is 0 Å². The Balaban J connectivity index is 1.33. The maximum absolute atomic E-state index is 12.4. The van der Waals surface area contributed by atoms with Gasteiger partial charge in [-0.05, 0) is 86.0 Å². The molecule has 4 saturated carbocycles. The van der Waals surface area contributed by atoms with Crippen LogP contribution in [-0.2, 0) is 4.79 Å². The van der Waals surface area contributed by atoms with E-state index in [1.165, 1.54) is 38.5 Å². The van der Waals surface area contributed by atoms with Gasteiger partial charge in [-0.3, -0.25) is 4.79 Å². The lowest BCUT2D eigenvalue weighted by molar-refractivity contribution is -0.116. The third-order valence-electron chi connectivity index (χ3n) is 6.10. The highest BCUT2D eigenvalue weighted by Crippen LogP contribution is 2.59. The van der Waals surface area contributed by atoms with E-state index in [2.05, 4.69) is 10.6 Å². The molecule has 2 N–H and O–H groups in total. The van der Waals surface area contributed by atoms with Crippen LogP contribution >= 0.6 is 23.8 Å². The van der Waals surface area contributed by atoms with Crippen molar-refractivity contribution in [1.82, 2.24) is 5.32 Å². The van der Waals surface area contributed by atoms with Crippen LogP contribution in [0.15, 0.2) is 24.3 Å². The van der Waals surface area contributed by atoms with Crippen molar-refractivity contribution in [3.8, 4) is 0 Å². The van der Waals surface area contributed by atoms with Gasteiger partial charge in [0.1, 0.15) is 0 Å². The fourth-order valence-electron chi connectivity index (χ4n) is 5.58. The molecule has 0 aliphatic heterocycles. The van der Waals surface area contributed by atoms with Crippen molar-refractivity contribution in [1.29, 1.82) is 0 Å². The SMILES string of the molecule is O=C(NCC12CC3CC(CC(C3)C1)C2)C(=S)Nc1ccc(Cl)cc1. The fraction of sp³-hybridized carbons (Fsp3) is 0.579. The van der Waals surface area contributed by atoms with Crippen molar-refractivity contribution in [2.45, 2.75) is 38.5 Å². The van der Waals surface area contributed by atoms with E-state index in [-0.39, 0.29) is 10.9 Å². The van der Waals surface area contributed by atoms with E-state index in [1.54, 1.807) is 12.1 Å². The normalized spacial score (nSPS) is 33.3. The predicted octanol–water partition coefficient (Wildman–Crippen LogP) is 4.41. The smallest absolute Gasteiger partial charge is 0.279 e. The first-order chi connectivity index (χ1) is 11.5. The van der Waals surface area contributed by atoms with Gasteiger partial charge in [0, 0.05) is 17.3 Å². The van der Waals surface area contributed by atoms with Crippen LogP contribution in [0.4, 0.5) is 5.69 Å². The second-order valence-corrected chi connectivity index (χ2v) is 8.91. The molecule has 1 aromatic rings. The lowest BCUT2D eigenvalue weighted by Gasteiger charge is -2.56. The number of rotatable bonds is 3. The van der Waals surface area contributed by atoms with Gasteiger partial charge in [-0.15, -0.1) is 0 Å². The van der Waals surface area contributed by atoms with E-state index < -0.39 is 0 Å². The van der Waals surface area contributed by atoms with Crippen molar-refractivity contribution >= 4 is 40.4 Å². The minimum atomic E-state index is -0.171. The standard InChI is InChI=1S/C19H23ClN2OS/c20-15-1-3-16(4-2-15)22-18(24)17(23)21-11-19-8-12-5-13(9-19)7-14(6-12)10-19/h1-4,12-14H,5-11H2,(H,21,23)(H,22,24). The van der Waals surface area contributed by atoms with Gasteiger partial charge < -0.3 is 10.6 Å². The van der Waals surface area contributed by atoms with Crippen LogP contribution in [-0.4, -0.2) is 17.4 Å². The van der Waals surface area contributed by atoms with E-state index in [0.29, 0.717) is 10.4 Å². The number of anilines is 1. The molecule has 24 heavy (non-hydrogen) atoms. The zero-order valence-electron chi connectivity index (χ0n) is 13.7. The fourth-order valence-corrected chi connectivity index (χ4v) is 5.89. The number of hydrogen-bond donors (Lipinski definition) is 2. The van der Waals surface area contributed by atoms with Gasteiger partial charge in [0.15, 0.2) is 4.99 Å². The summed E-state index contributed by atoms with van der Waals surface area (Å²) in [7, 11) is 0. The first-order valence-electron chi connectivity index (χ1n) is 8.86. The predicted molar refractivity (Wildman–Crippen MR) is 101 cm³/mol. The Morgan fingerprint density at radius 3 is 2.17 bits per heavy atom. The molecule has 5 rings (SSSR count). The van der Waals surface area contributed by atoms with Crippen LogP contribution in [0.2, 0.25) is 5.02 Å². The summed E-state index contributed by atoms with van der Waals surface area (Å²) in [5, 5.41) is 6.76. The second kappa shape index (κ2) is 6.30. The molecule has 0 radical (unpaired) electrons.